The SMILES string of the molecule is CC(C)c1nc(Nc2ccc3ncsc3c2)nc(N2CCOCC2)n1. The summed E-state index contributed by atoms with van der Waals surface area (Å²) in [5.41, 5.74) is 3.80. The first kappa shape index (κ1) is 16.2. The molecule has 0 unspecified atom stereocenters. The van der Waals surface area contributed by atoms with Crippen LogP contribution in [0.15, 0.2) is 23.7 Å². The van der Waals surface area contributed by atoms with E-state index in [0.717, 1.165) is 34.8 Å². The first-order valence-electron chi connectivity index (χ1n) is 8.38. The lowest BCUT2D eigenvalue weighted by molar-refractivity contribution is 0.122. The van der Waals surface area contributed by atoms with Crippen molar-refractivity contribution in [2.24, 2.45) is 0 Å². The van der Waals surface area contributed by atoms with Crippen molar-refractivity contribution in [2.45, 2.75) is 19.8 Å². The molecule has 0 aliphatic carbocycles. The molecule has 1 aliphatic rings. The summed E-state index contributed by atoms with van der Waals surface area (Å²) in [6.45, 7) is 7.18. The van der Waals surface area contributed by atoms with Crippen LogP contribution < -0.4 is 10.2 Å². The fourth-order valence-electron chi connectivity index (χ4n) is 2.66. The van der Waals surface area contributed by atoms with Crippen LogP contribution in [-0.2, 0) is 4.74 Å². The molecule has 8 heteroatoms. The van der Waals surface area contributed by atoms with Crippen molar-refractivity contribution in [3.63, 3.8) is 0 Å². The highest BCUT2D eigenvalue weighted by atomic mass is 32.1. The van der Waals surface area contributed by atoms with Crippen molar-refractivity contribution < 1.29 is 4.74 Å². The van der Waals surface area contributed by atoms with Crippen LogP contribution in [0, 0.1) is 0 Å². The molecule has 25 heavy (non-hydrogen) atoms. The third-order valence-electron chi connectivity index (χ3n) is 4.04. The largest absolute Gasteiger partial charge is 0.378 e. The van der Waals surface area contributed by atoms with Gasteiger partial charge in [0.25, 0.3) is 0 Å². The molecule has 1 aromatic carbocycles. The Balaban J connectivity index is 1.65. The van der Waals surface area contributed by atoms with E-state index in [2.05, 4.69) is 50.1 Å². The molecule has 1 aliphatic heterocycles. The number of nitrogens with one attached hydrogen (secondary N) is 1. The van der Waals surface area contributed by atoms with Gasteiger partial charge in [-0.05, 0) is 18.2 Å². The van der Waals surface area contributed by atoms with Gasteiger partial charge in [-0.2, -0.15) is 15.0 Å². The van der Waals surface area contributed by atoms with Crippen LogP contribution in [0.1, 0.15) is 25.6 Å². The van der Waals surface area contributed by atoms with Gasteiger partial charge in [-0.15, -0.1) is 11.3 Å². The van der Waals surface area contributed by atoms with Gasteiger partial charge in [0.1, 0.15) is 5.82 Å². The van der Waals surface area contributed by atoms with Crippen LogP contribution in [-0.4, -0.2) is 46.2 Å². The molecule has 3 heterocycles. The van der Waals surface area contributed by atoms with E-state index in [4.69, 9.17) is 4.74 Å². The molecule has 0 saturated carbocycles. The maximum atomic E-state index is 5.42. The standard InChI is InChI=1S/C17H20N6OS/c1-11(2)15-20-16(22-17(21-15)23-5-7-24-8-6-23)19-12-3-4-13-14(9-12)25-10-18-13/h3-4,9-11H,5-8H2,1-2H3,(H,19,20,21,22). The fraction of sp³-hybridized carbons (Fsp3) is 0.412. The van der Waals surface area contributed by atoms with E-state index in [1.807, 2.05) is 17.6 Å². The number of morpholine rings is 1. The summed E-state index contributed by atoms with van der Waals surface area (Å²) >= 11 is 1.62. The van der Waals surface area contributed by atoms with E-state index in [1.165, 1.54) is 0 Å². The van der Waals surface area contributed by atoms with E-state index in [-0.39, 0.29) is 5.92 Å². The van der Waals surface area contributed by atoms with Gasteiger partial charge in [0.2, 0.25) is 11.9 Å². The van der Waals surface area contributed by atoms with Crippen LogP contribution in [0.3, 0.4) is 0 Å². The van der Waals surface area contributed by atoms with Crippen molar-refractivity contribution >= 4 is 39.1 Å². The Morgan fingerprint density at radius 2 is 2.00 bits per heavy atom. The Kier molecular flexibility index (Phi) is 4.46. The van der Waals surface area contributed by atoms with Crippen LogP contribution in [0.25, 0.3) is 10.2 Å². The number of nitrogens with zero attached hydrogens (tertiary/aromatic N) is 5. The molecule has 2 aromatic heterocycles. The molecule has 0 radical (unpaired) electrons. The molecule has 1 saturated heterocycles. The molecule has 1 fully saturated rings. The van der Waals surface area contributed by atoms with Gasteiger partial charge in [0.05, 0.1) is 28.9 Å². The lowest BCUT2D eigenvalue weighted by Crippen LogP contribution is -2.37. The molecule has 7 nitrogen and oxygen atoms in total. The van der Waals surface area contributed by atoms with Gasteiger partial charge in [-0.1, -0.05) is 13.8 Å². The molecule has 0 bridgehead atoms. The molecule has 0 spiro atoms. The molecule has 1 N–H and O–H groups in total. The summed E-state index contributed by atoms with van der Waals surface area (Å²) < 4.78 is 6.56. The number of thiazole rings is 1. The number of hydrogen-bond acceptors (Lipinski definition) is 8. The maximum absolute atomic E-state index is 5.42. The number of ether oxygens (including phenoxy) is 1. The first-order valence-corrected chi connectivity index (χ1v) is 9.26. The summed E-state index contributed by atoms with van der Waals surface area (Å²) in [7, 11) is 0. The summed E-state index contributed by atoms with van der Waals surface area (Å²) in [4.78, 5) is 20.3. The number of fused-ring (bicyclic) bond motifs is 1. The maximum Gasteiger partial charge on any atom is 0.232 e. The highest BCUT2D eigenvalue weighted by molar-refractivity contribution is 7.16. The van der Waals surface area contributed by atoms with Crippen LogP contribution in [0.4, 0.5) is 17.6 Å². The van der Waals surface area contributed by atoms with Crippen molar-refractivity contribution in [1.82, 2.24) is 19.9 Å². The van der Waals surface area contributed by atoms with E-state index in [0.29, 0.717) is 25.1 Å². The lowest BCUT2D eigenvalue weighted by Gasteiger charge is -2.27. The fourth-order valence-corrected chi connectivity index (χ4v) is 3.38. The second-order valence-corrected chi connectivity index (χ2v) is 7.12. The van der Waals surface area contributed by atoms with Gasteiger partial charge < -0.3 is 15.0 Å². The van der Waals surface area contributed by atoms with Crippen molar-refractivity contribution in [2.75, 3.05) is 36.5 Å². The topological polar surface area (TPSA) is 76.1 Å². The van der Waals surface area contributed by atoms with Crippen LogP contribution in [0.5, 0.6) is 0 Å². The number of hydrogen-bond donors (Lipinski definition) is 1. The Morgan fingerprint density at radius 3 is 2.80 bits per heavy atom. The smallest absolute Gasteiger partial charge is 0.232 e. The lowest BCUT2D eigenvalue weighted by atomic mass is 10.2. The summed E-state index contributed by atoms with van der Waals surface area (Å²) in [6.07, 6.45) is 0. The number of anilines is 3. The Bertz CT molecular complexity index is 874. The Hall–Kier alpha value is -2.32. The van der Waals surface area contributed by atoms with E-state index in [1.54, 1.807) is 11.3 Å². The first-order chi connectivity index (χ1) is 12.2. The highest BCUT2D eigenvalue weighted by Gasteiger charge is 2.17. The molecule has 4 rings (SSSR count). The minimum Gasteiger partial charge on any atom is -0.378 e. The van der Waals surface area contributed by atoms with E-state index in [9.17, 15) is 0 Å². The van der Waals surface area contributed by atoms with Crippen molar-refractivity contribution in [3.05, 3.63) is 29.5 Å². The van der Waals surface area contributed by atoms with Gasteiger partial charge in [-0.3, -0.25) is 0 Å². The summed E-state index contributed by atoms with van der Waals surface area (Å²) in [6, 6.07) is 6.07. The van der Waals surface area contributed by atoms with Gasteiger partial charge >= 0.3 is 0 Å². The summed E-state index contributed by atoms with van der Waals surface area (Å²) in [5.74, 6) is 2.30. The van der Waals surface area contributed by atoms with Crippen molar-refractivity contribution in [1.29, 1.82) is 0 Å². The Morgan fingerprint density at radius 1 is 1.16 bits per heavy atom. The minimum atomic E-state index is 0.229. The van der Waals surface area contributed by atoms with Crippen LogP contribution >= 0.6 is 11.3 Å². The normalized spacial score (nSPS) is 15.1. The predicted molar refractivity (Wildman–Crippen MR) is 99.9 cm³/mol. The quantitative estimate of drug-likeness (QED) is 0.769. The van der Waals surface area contributed by atoms with Gasteiger partial charge in [0.15, 0.2) is 0 Å². The zero-order valence-electron chi connectivity index (χ0n) is 14.3. The van der Waals surface area contributed by atoms with E-state index < -0.39 is 0 Å². The van der Waals surface area contributed by atoms with Gasteiger partial charge in [-0.25, -0.2) is 4.98 Å². The zero-order valence-corrected chi connectivity index (χ0v) is 15.1. The Labute approximate surface area is 150 Å². The average Bonchev–Trinajstić information content (AvgIpc) is 3.10. The predicted octanol–water partition coefficient (Wildman–Crippen LogP) is 3.18. The monoisotopic (exact) mass is 356 g/mol. The molecule has 130 valence electrons. The highest BCUT2D eigenvalue weighted by Crippen LogP contribution is 2.24. The average molecular weight is 356 g/mol. The van der Waals surface area contributed by atoms with Gasteiger partial charge in [0, 0.05) is 24.7 Å². The molecular weight excluding hydrogens is 336 g/mol. The van der Waals surface area contributed by atoms with Crippen molar-refractivity contribution in [3.8, 4) is 0 Å². The second-order valence-electron chi connectivity index (χ2n) is 6.23. The summed E-state index contributed by atoms with van der Waals surface area (Å²) in [5, 5.41) is 3.32. The molecule has 3 aromatic rings. The molecule has 0 atom stereocenters. The van der Waals surface area contributed by atoms with Crippen LogP contribution in [0.2, 0.25) is 0 Å². The minimum absolute atomic E-state index is 0.229. The molecular formula is C17H20N6OS. The van der Waals surface area contributed by atoms with E-state index >= 15 is 0 Å². The third kappa shape index (κ3) is 3.54. The number of rotatable bonds is 4. The zero-order chi connectivity index (χ0) is 17.2. The third-order valence-corrected chi connectivity index (χ3v) is 4.83. The number of aromatic nitrogens is 4. The number of benzene rings is 1. The molecule has 0 amide bonds. The second kappa shape index (κ2) is 6.89.